The Balaban J connectivity index is 2.61. The molecule has 0 aromatic carbocycles. The SMILES string of the molecule is CC(C)NC(=O)C(C)NC(=O)Cn1cc(N)ccc1=O. The molecule has 0 aliphatic heterocycles. The van der Waals surface area contributed by atoms with Gasteiger partial charge in [0.05, 0.1) is 0 Å². The maximum Gasteiger partial charge on any atom is 0.251 e. The molecule has 2 amide bonds. The van der Waals surface area contributed by atoms with Crippen molar-refractivity contribution in [1.29, 1.82) is 0 Å². The van der Waals surface area contributed by atoms with Crippen LogP contribution in [0.1, 0.15) is 20.8 Å². The summed E-state index contributed by atoms with van der Waals surface area (Å²) in [5.74, 6) is -0.697. The molecule has 20 heavy (non-hydrogen) atoms. The molecule has 0 fully saturated rings. The average molecular weight is 280 g/mol. The van der Waals surface area contributed by atoms with E-state index in [9.17, 15) is 14.4 Å². The fourth-order valence-electron chi connectivity index (χ4n) is 1.59. The van der Waals surface area contributed by atoms with E-state index in [2.05, 4.69) is 10.6 Å². The number of anilines is 1. The smallest absolute Gasteiger partial charge is 0.251 e. The zero-order valence-electron chi connectivity index (χ0n) is 11.8. The van der Waals surface area contributed by atoms with Crippen molar-refractivity contribution in [1.82, 2.24) is 15.2 Å². The van der Waals surface area contributed by atoms with Gasteiger partial charge in [-0.25, -0.2) is 0 Å². The second-order valence-electron chi connectivity index (χ2n) is 4.88. The number of carbonyl (C=O) groups excluding carboxylic acids is 2. The van der Waals surface area contributed by atoms with Crippen molar-refractivity contribution >= 4 is 17.5 Å². The zero-order chi connectivity index (χ0) is 15.3. The Bertz CT molecular complexity index is 551. The normalized spacial score (nSPS) is 12.0. The summed E-state index contributed by atoms with van der Waals surface area (Å²) in [4.78, 5) is 35.0. The van der Waals surface area contributed by atoms with Crippen LogP contribution in [0.5, 0.6) is 0 Å². The molecule has 110 valence electrons. The highest BCUT2D eigenvalue weighted by Crippen LogP contribution is 1.96. The highest BCUT2D eigenvalue weighted by atomic mass is 16.2. The lowest BCUT2D eigenvalue weighted by Crippen LogP contribution is -2.48. The molecule has 0 aliphatic carbocycles. The summed E-state index contributed by atoms with van der Waals surface area (Å²) in [6, 6.07) is 2.09. The molecule has 7 heteroatoms. The third-order valence-electron chi connectivity index (χ3n) is 2.52. The van der Waals surface area contributed by atoms with Crippen molar-refractivity contribution in [3.05, 3.63) is 28.7 Å². The first-order chi connectivity index (χ1) is 9.29. The summed E-state index contributed by atoms with van der Waals surface area (Å²) in [6.07, 6.45) is 1.39. The van der Waals surface area contributed by atoms with Crippen LogP contribution in [0.25, 0.3) is 0 Å². The number of nitrogens with one attached hydrogen (secondary N) is 2. The van der Waals surface area contributed by atoms with E-state index in [4.69, 9.17) is 5.73 Å². The highest BCUT2D eigenvalue weighted by Gasteiger charge is 2.16. The fourth-order valence-corrected chi connectivity index (χ4v) is 1.59. The quantitative estimate of drug-likeness (QED) is 0.673. The minimum atomic E-state index is -0.665. The van der Waals surface area contributed by atoms with Crippen LogP contribution in [-0.4, -0.2) is 28.5 Å². The average Bonchev–Trinajstić information content (AvgIpc) is 2.32. The Morgan fingerprint density at radius 1 is 1.25 bits per heavy atom. The van der Waals surface area contributed by atoms with Gasteiger partial charge in [0, 0.05) is 24.0 Å². The Morgan fingerprint density at radius 2 is 1.90 bits per heavy atom. The van der Waals surface area contributed by atoms with Gasteiger partial charge in [-0.1, -0.05) is 0 Å². The standard InChI is InChI=1S/C13H20N4O3/c1-8(2)15-13(20)9(3)16-11(18)7-17-6-10(14)4-5-12(17)19/h4-6,8-9H,7,14H2,1-3H3,(H,15,20)(H,16,18). The summed E-state index contributed by atoms with van der Waals surface area (Å²) in [7, 11) is 0. The first-order valence-corrected chi connectivity index (χ1v) is 6.35. The van der Waals surface area contributed by atoms with Crippen LogP contribution in [0.2, 0.25) is 0 Å². The lowest BCUT2D eigenvalue weighted by molar-refractivity contribution is -0.129. The molecule has 0 radical (unpaired) electrons. The number of aromatic nitrogens is 1. The molecular formula is C13H20N4O3. The molecule has 7 nitrogen and oxygen atoms in total. The lowest BCUT2D eigenvalue weighted by Gasteiger charge is -2.16. The van der Waals surface area contributed by atoms with Crippen LogP contribution in [-0.2, 0) is 16.1 Å². The van der Waals surface area contributed by atoms with Gasteiger partial charge in [0.2, 0.25) is 11.8 Å². The molecule has 0 saturated heterocycles. The van der Waals surface area contributed by atoms with Crippen LogP contribution in [0.4, 0.5) is 5.69 Å². The number of nitrogen functional groups attached to an aromatic ring is 1. The number of carbonyl (C=O) groups is 2. The highest BCUT2D eigenvalue weighted by molar-refractivity contribution is 5.87. The van der Waals surface area contributed by atoms with Crippen molar-refractivity contribution in [2.24, 2.45) is 0 Å². The minimum Gasteiger partial charge on any atom is -0.398 e. The number of hydrogen-bond donors (Lipinski definition) is 3. The molecule has 1 unspecified atom stereocenters. The predicted molar refractivity (Wildman–Crippen MR) is 76.0 cm³/mol. The van der Waals surface area contributed by atoms with Crippen molar-refractivity contribution < 1.29 is 9.59 Å². The van der Waals surface area contributed by atoms with Crippen molar-refractivity contribution in [2.45, 2.75) is 39.4 Å². The van der Waals surface area contributed by atoms with E-state index in [1.165, 1.54) is 22.9 Å². The van der Waals surface area contributed by atoms with Crippen molar-refractivity contribution in [3.63, 3.8) is 0 Å². The lowest BCUT2D eigenvalue weighted by atomic mass is 10.2. The molecule has 0 spiro atoms. The first kappa shape index (κ1) is 15.7. The van der Waals surface area contributed by atoms with E-state index in [0.29, 0.717) is 5.69 Å². The van der Waals surface area contributed by atoms with Gasteiger partial charge in [-0.05, 0) is 26.8 Å². The number of hydrogen-bond acceptors (Lipinski definition) is 4. The van der Waals surface area contributed by atoms with Gasteiger partial charge in [0.1, 0.15) is 12.6 Å². The van der Waals surface area contributed by atoms with Gasteiger partial charge in [0.15, 0.2) is 0 Å². The topological polar surface area (TPSA) is 106 Å². The predicted octanol–water partition coefficient (Wildman–Crippen LogP) is -0.540. The van der Waals surface area contributed by atoms with E-state index in [0.717, 1.165) is 0 Å². The molecule has 1 heterocycles. The van der Waals surface area contributed by atoms with Crippen molar-refractivity contribution in [2.75, 3.05) is 5.73 Å². The van der Waals surface area contributed by atoms with Gasteiger partial charge in [-0.2, -0.15) is 0 Å². The van der Waals surface area contributed by atoms with Gasteiger partial charge in [-0.15, -0.1) is 0 Å². The van der Waals surface area contributed by atoms with E-state index >= 15 is 0 Å². The minimum absolute atomic E-state index is 0.00149. The van der Waals surface area contributed by atoms with Gasteiger partial charge in [-0.3, -0.25) is 14.4 Å². The van der Waals surface area contributed by atoms with Crippen LogP contribution < -0.4 is 21.9 Å². The summed E-state index contributed by atoms with van der Waals surface area (Å²) >= 11 is 0. The number of amides is 2. The maximum absolute atomic E-state index is 11.8. The molecule has 0 saturated carbocycles. The number of nitrogens with two attached hydrogens (primary N) is 1. The Labute approximate surface area is 117 Å². The molecule has 4 N–H and O–H groups in total. The van der Waals surface area contributed by atoms with Gasteiger partial charge in [0.25, 0.3) is 5.56 Å². The second kappa shape index (κ2) is 6.74. The molecule has 0 bridgehead atoms. The Hall–Kier alpha value is -2.31. The third kappa shape index (κ3) is 4.75. The Morgan fingerprint density at radius 3 is 2.50 bits per heavy atom. The van der Waals surface area contributed by atoms with Crippen LogP contribution in [0.3, 0.4) is 0 Å². The van der Waals surface area contributed by atoms with Crippen LogP contribution >= 0.6 is 0 Å². The number of pyridine rings is 1. The van der Waals surface area contributed by atoms with Crippen LogP contribution in [0.15, 0.2) is 23.1 Å². The number of rotatable bonds is 5. The van der Waals surface area contributed by atoms with E-state index in [-0.39, 0.29) is 24.1 Å². The first-order valence-electron chi connectivity index (χ1n) is 6.35. The fraction of sp³-hybridized carbons (Fsp3) is 0.462. The van der Waals surface area contributed by atoms with Gasteiger partial charge < -0.3 is 20.9 Å². The van der Waals surface area contributed by atoms with Gasteiger partial charge >= 0.3 is 0 Å². The summed E-state index contributed by atoms with van der Waals surface area (Å²) in [5.41, 5.74) is 5.62. The maximum atomic E-state index is 11.8. The zero-order valence-corrected chi connectivity index (χ0v) is 11.8. The van der Waals surface area contributed by atoms with E-state index in [1.807, 2.05) is 13.8 Å². The monoisotopic (exact) mass is 280 g/mol. The van der Waals surface area contributed by atoms with Crippen LogP contribution in [0, 0.1) is 0 Å². The molecule has 1 aromatic rings. The molecule has 0 aliphatic rings. The summed E-state index contributed by atoms with van der Waals surface area (Å²) in [6.45, 7) is 5.07. The molecule has 1 rings (SSSR count). The van der Waals surface area contributed by atoms with E-state index in [1.54, 1.807) is 6.92 Å². The number of nitrogens with zero attached hydrogens (tertiary/aromatic N) is 1. The largest absolute Gasteiger partial charge is 0.398 e. The third-order valence-corrected chi connectivity index (χ3v) is 2.52. The molecule has 1 atom stereocenters. The van der Waals surface area contributed by atoms with E-state index < -0.39 is 11.9 Å². The molecule has 1 aromatic heterocycles. The van der Waals surface area contributed by atoms with Crippen molar-refractivity contribution in [3.8, 4) is 0 Å². The summed E-state index contributed by atoms with van der Waals surface area (Å²) < 4.78 is 1.19. The summed E-state index contributed by atoms with van der Waals surface area (Å²) in [5, 5.41) is 5.22. The molecular weight excluding hydrogens is 260 g/mol. The second-order valence-corrected chi connectivity index (χ2v) is 4.88. The Kier molecular flexibility index (Phi) is 5.31.